The summed E-state index contributed by atoms with van der Waals surface area (Å²) in [7, 11) is 2.09. The van der Waals surface area contributed by atoms with E-state index in [9.17, 15) is 53.4 Å². The van der Waals surface area contributed by atoms with Crippen LogP contribution < -0.4 is 59.7 Å². The standard InChI is InChI=1S/C45H67N11O11S2/c1-26(58)50-37-44(67)55-32(22-28-15-17-29(59)18-16-28)39(62)49-23-36(60)51-34(24-57)42(65)54-33(21-27-11-5-4-6-12-27)41(64)56-35(25-68-69-45(37,2)3)43(66)53-31(14-8-10-20-47)40(63)52-30(38(48)61)13-7-9-19-46/h4-6,11-12,15-18,30-35,37,57,59H,7-10,13-14,19-25,46-47H2,1-3H3,(H2,48,61)(H,49,62)(H,50,58)(H,51,60)(H,52,63)(H,53,66)(H,54,65)(H,55,67)(H,56,64)/t30-,31-,32-,33-,34-,35-,37-/m0/s1. The zero-order chi connectivity index (χ0) is 51.1. The fourth-order valence-electron chi connectivity index (χ4n) is 6.99. The molecule has 0 bridgehead atoms. The second-order valence-corrected chi connectivity index (χ2v) is 20.0. The molecule has 0 aromatic heterocycles. The number of aromatic hydroxyl groups is 1. The summed E-state index contributed by atoms with van der Waals surface area (Å²) >= 11 is 0. The number of rotatable bonds is 19. The van der Waals surface area contributed by atoms with Crippen LogP contribution in [0.3, 0.4) is 0 Å². The number of hydrogen-bond donors (Lipinski definition) is 13. The maximum Gasteiger partial charge on any atom is 0.245 e. The quantitative estimate of drug-likeness (QED) is 0.0516. The van der Waals surface area contributed by atoms with Gasteiger partial charge in [0.2, 0.25) is 53.2 Å². The number of hydrogen-bond acceptors (Lipinski definition) is 15. The molecule has 380 valence electrons. The van der Waals surface area contributed by atoms with Gasteiger partial charge in [0.25, 0.3) is 0 Å². The minimum Gasteiger partial charge on any atom is -0.508 e. The molecule has 1 saturated heterocycles. The van der Waals surface area contributed by atoms with Crippen LogP contribution in [0.5, 0.6) is 5.75 Å². The van der Waals surface area contributed by atoms with Crippen molar-refractivity contribution < 1.29 is 53.4 Å². The minimum atomic E-state index is -1.63. The van der Waals surface area contributed by atoms with Crippen LogP contribution in [0.15, 0.2) is 54.6 Å². The van der Waals surface area contributed by atoms with Crippen LogP contribution in [0.4, 0.5) is 0 Å². The van der Waals surface area contributed by atoms with Gasteiger partial charge in [0, 0.05) is 30.3 Å². The lowest BCUT2D eigenvalue weighted by molar-refractivity contribution is -0.135. The van der Waals surface area contributed by atoms with Crippen LogP contribution in [-0.2, 0) is 56.0 Å². The number of unbranched alkanes of at least 4 members (excludes halogenated alkanes) is 2. The summed E-state index contributed by atoms with van der Waals surface area (Å²) < 4.78 is -1.22. The predicted molar refractivity (Wildman–Crippen MR) is 260 cm³/mol. The second kappa shape index (κ2) is 29.2. The van der Waals surface area contributed by atoms with Crippen LogP contribution in [0.2, 0.25) is 0 Å². The van der Waals surface area contributed by atoms with E-state index in [0.717, 1.165) is 21.6 Å². The van der Waals surface area contributed by atoms with Gasteiger partial charge in [0.15, 0.2) is 0 Å². The summed E-state index contributed by atoms with van der Waals surface area (Å²) in [5.74, 6) is -7.61. The van der Waals surface area contributed by atoms with Gasteiger partial charge < -0.3 is 69.9 Å². The number of primary amides is 1. The topological polar surface area (TPSA) is 368 Å². The van der Waals surface area contributed by atoms with Gasteiger partial charge in [-0.05, 0) is 88.7 Å². The van der Waals surface area contributed by atoms with Crippen molar-refractivity contribution in [3.8, 4) is 5.75 Å². The van der Waals surface area contributed by atoms with Gasteiger partial charge in [-0.25, -0.2) is 0 Å². The van der Waals surface area contributed by atoms with Crippen molar-refractivity contribution >= 4 is 74.8 Å². The summed E-state index contributed by atoms with van der Waals surface area (Å²) in [5, 5.41) is 40.7. The Balaban J connectivity index is 2.10. The number of aliphatic hydroxyl groups excluding tert-OH is 1. The lowest BCUT2D eigenvalue weighted by Gasteiger charge is -2.34. The summed E-state index contributed by atoms with van der Waals surface area (Å²) in [6.07, 6.45) is 1.96. The molecule has 16 N–H and O–H groups in total. The number of phenols is 1. The van der Waals surface area contributed by atoms with Crippen LogP contribution in [0.1, 0.15) is 70.4 Å². The van der Waals surface area contributed by atoms with Gasteiger partial charge in [0.05, 0.1) is 13.2 Å². The van der Waals surface area contributed by atoms with E-state index < -0.39 is 113 Å². The summed E-state index contributed by atoms with van der Waals surface area (Å²) in [5.41, 5.74) is 18.1. The Morgan fingerprint density at radius 3 is 1.88 bits per heavy atom. The first-order chi connectivity index (χ1) is 32.8. The highest BCUT2D eigenvalue weighted by Gasteiger charge is 2.40. The summed E-state index contributed by atoms with van der Waals surface area (Å²) in [6.45, 7) is 3.46. The highest BCUT2D eigenvalue weighted by molar-refractivity contribution is 8.77. The van der Waals surface area contributed by atoms with E-state index in [1.165, 1.54) is 31.2 Å². The number of phenolic OH excluding ortho intramolecular Hbond substituents is 1. The minimum absolute atomic E-state index is 0.0499. The molecule has 1 heterocycles. The van der Waals surface area contributed by atoms with E-state index in [2.05, 4.69) is 42.5 Å². The first-order valence-electron chi connectivity index (χ1n) is 22.6. The molecule has 2 aromatic carbocycles. The second-order valence-electron chi connectivity index (χ2n) is 17.0. The van der Waals surface area contributed by atoms with Crippen LogP contribution in [-0.4, -0.2) is 142 Å². The average molecular weight is 1000 g/mol. The van der Waals surface area contributed by atoms with Crippen molar-refractivity contribution in [2.75, 3.05) is 32.0 Å². The van der Waals surface area contributed by atoms with Gasteiger partial charge in [-0.1, -0.05) is 64.1 Å². The van der Waals surface area contributed by atoms with Crippen molar-refractivity contribution in [1.82, 2.24) is 42.5 Å². The Morgan fingerprint density at radius 2 is 1.30 bits per heavy atom. The van der Waals surface area contributed by atoms with Crippen LogP contribution in [0, 0.1) is 0 Å². The fraction of sp³-hybridized carbons (Fsp3) is 0.533. The van der Waals surface area contributed by atoms with Gasteiger partial charge >= 0.3 is 0 Å². The Kier molecular flexibility index (Phi) is 24.2. The molecule has 0 unspecified atom stereocenters. The maximum absolute atomic E-state index is 14.4. The number of nitrogens with two attached hydrogens (primary N) is 3. The first-order valence-corrected chi connectivity index (χ1v) is 24.9. The lowest BCUT2D eigenvalue weighted by atomic mass is 10.00. The molecule has 1 fully saturated rings. The third-order valence-electron chi connectivity index (χ3n) is 10.8. The molecule has 2 aromatic rings. The molecule has 0 aliphatic carbocycles. The number of amides is 9. The molecule has 1 aliphatic rings. The zero-order valence-electron chi connectivity index (χ0n) is 39.0. The molecule has 0 radical (unpaired) electrons. The highest BCUT2D eigenvalue weighted by Crippen LogP contribution is 2.39. The van der Waals surface area contributed by atoms with E-state index in [1.807, 2.05) is 0 Å². The van der Waals surface area contributed by atoms with Gasteiger partial charge in [-0.15, -0.1) is 0 Å². The predicted octanol–water partition coefficient (Wildman–Crippen LogP) is -2.38. The number of carbonyl (C=O) groups is 9. The molecule has 1 aliphatic heterocycles. The highest BCUT2D eigenvalue weighted by atomic mass is 33.1. The molecule has 22 nitrogen and oxygen atoms in total. The molecule has 9 amide bonds. The smallest absolute Gasteiger partial charge is 0.245 e. The van der Waals surface area contributed by atoms with Crippen molar-refractivity contribution in [2.45, 2.75) is 119 Å². The Morgan fingerprint density at radius 1 is 0.739 bits per heavy atom. The third kappa shape index (κ3) is 19.9. The SMILES string of the molecule is CC(=O)N[C@H]1C(=O)N[C@@H](Cc2ccc(O)cc2)C(=O)NCC(=O)N[C@@H](CO)C(=O)N[C@@H](Cc2ccccc2)C(=O)N[C@H](C(=O)N[C@@H](CCCCN)C(=O)N[C@@H](CCCCN)C(N)=O)CSSC1(C)C. The summed E-state index contributed by atoms with van der Waals surface area (Å²) in [4.78, 5) is 122. The van der Waals surface area contributed by atoms with Gasteiger partial charge in [0.1, 0.15) is 48.0 Å². The number of carbonyl (C=O) groups excluding carboxylic acids is 9. The maximum atomic E-state index is 14.4. The Bertz CT molecular complexity index is 2070. The van der Waals surface area contributed by atoms with Crippen molar-refractivity contribution in [1.29, 1.82) is 0 Å². The van der Waals surface area contributed by atoms with E-state index in [4.69, 9.17) is 17.2 Å². The van der Waals surface area contributed by atoms with Gasteiger partial charge in [-0.2, -0.15) is 0 Å². The summed E-state index contributed by atoms with van der Waals surface area (Å²) in [6, 6.07) is 4.89. The zero-order valence-corrected chi connectivity index (χ0v) is 40.7. The average Bonchev–Trinajstić information content (AvgIpc) is 3.30. The third-order valence-corrected chi connectivity index (χ3v) is 14.1. The van der Waals surface area contributed by atoms with E-state index in [0.29, 0.717) is 43.4 Å². The molecular weight excluding hydrogens is 935 g/mol. The molecule has 0 saturated carbocycles. The van der Waals surface area contributed by atoms with Crippen LogP contribution >= 0.6 is 21.6 Å². The van der Waals surface area contributed by atoms with Crippen LogP contribution in [0.25, 0.3) is 0 Å². The molecule has 24 heteroatoms. The molecule has 0 spiro atoms. The van der Waals surface area contributed by atoms with E-state index >= 15 is 0 Å². The normalized spacial score (nSPS) is 21.7. The van der Waals surface area contributed by atoms with E-state index in [-0.39, 0.29) is 43.7 Å². The Hall–Kier alpha value is -5.95. The monoisotopic (exact) mass is 1000 g/mol. The number of nitrogens with one attached hydrogen (secondary N) is 8. The molecule has 3 rings (SSSR count). The fourth-order valence-corrected chi connectivity index (χ4v) is 9.81. The van der Waals surface area contributed by atoms with E-state index in [1.54, 1.807) is 44.2 Å². The number of aliphatic hydroxyl groups is 1. The number of benzene rings is 2. The van der Waals surface area contributed by atoms with Crippen molar-refractivity contribution in [3.05, 3.63) is 65.7 Å². The molecule has 7 atom stereocenters. The molecule has 69 heavy (non-hydrogen) atoms. The van der Waals surface area contributed by atoms with Crippen molar-refractivity contribution in [2.24, 2.45) is 17.2 Å². The largest absolute Gasteiger partial charge is 0.508 e. The molecular formula is C45H67N11O11S2. The Labute approximate surface area is 409 Å². The van der Waals surface area contributed by atoms with Gasteiger partial charge in [-0.3, -0.25) is 43.2 Å². The lowest BCUT2D eigenvalue weighted by Crippen LogP contribution is -2.61. The first kappa shape index (κ1) is 57.4. The van der Waals surface area contributed by atoms with Crippen molar-refractivity contribution in [3.63, 3.8) is 0 Å².